The van der Waals surface area contributed by atoms with Crippen LogP contribution in [0.25, 0.3) is 16.9 Å². The summed E-state index contributed by atoms with van der Waals surface area (Å²) in [4.78, 5) is 0. The third kappa shape index (κ3) is 3.22. The molecule has 3 rings (SSSR count). The molecule has 0 aliphatic heterocycles. The average Bonchev–Trinajstić information content (AvgIpc) is 3.00. The maximum Gasteiger partial charge on any atom is 0.119 e. The molecule has 5 heteroatoms. The summed E-state index contributed by atoms with van der Waals surface area (Å²) >= 11 is 6.05. The van der Waals surface area contributed by atoms with E-state index >= 15 is 0 Å². The smallest absolute Gasteiger partial charge is 0.119 e. The van der Waals surface area contributed by atoms with Crippen molar-refractivity contribution in [2.45, 2.75) is 19.7 Å². The third-order valence-corrected chi connectivity index (χ3v) is 3.80. The molecule has 0 saturated heterocycles. The number of hydrogen-bond donors (Lipinski definition) is 0. The molecule has 118 valence electrons. The fourth-order valence-electron chi connectivity index (χ4n) is 2.52. The number of aryl methyl sites for hydroxylation is 1. The summed E-state index contributed by atoms with van der Waals surface area (Å²) in [7, 11) is 0. The summed E-state index contributed by atoms with van der Waals surface area (Å²) in [5, 5.41) is 8.51. The first-order valence-corrected chi connectivity index (χ1v) is 8.07. The van der Waals surface area contributed by atoms with Crippen molar-refractivity contribution in [2.24, 2.45) is 0 Å². The molecule has 1 heterocycles. The van der Waals surface area contributed by atoms with Crippen molar-refractivity contribution >= 4 is 11.6 Å². The Labute approximate surface area is 140 Å². The van der Waals surface area contributed by atoms with Crippen LogP contribution < -0.4 is 4.74 Å². The van der Waals surface area contributed by atoms with Crippen molar-refractivity contribution < 1.29 is 4.74 Å². The van der Waals surface area contributed by atoms with Crippen LogP contribution in [0.5, 0.6) is 5.75 Å². The van der Waals surface area contributed by atoms with E-state index in [1.807, 2.05) is 48.0 Å². The molecule has 0 amide bonds. The minimum atomic E-state index is 0.320. The van der Waals surface area contributed by atoms with E-state index in [0.717, 1.165) is 28.4 Å². The molecule has 2 aromatic carbocycles. The number of nitrogens with zero attached hydrogens (tertiary/aromatic N) is 3. The monoisotopic (exact) mass is 327 g/mol. The van der Waals surface area contributed by atoms with Gasteiger partial charge in [-0.3, -0.25) is 0 Å². The van der Waals surface area contributed by atoms with Crippen LogP contribution >= 0.6 is 11.6 Å². The fourth-order valence-corrected chi connectivity index (χ4v) is 2.70. The van der Waals surface area contributed by atoms with E-state index in [-0.39, 0.29) is 0 Å². The Morgan fingerprint density at radius 3 is 2.57 bits per heavy atom. The van der Waals surface area contributed by atoms with Gasteiger partial charge in [0.15, 0.2) is 0 Å². The lowest BCUT2D eigenvalue weighted by Crippen LogP contribution is -2.00. The predicted molar refractivity (Wildman–Crippen MR) is 92.3 cm³/mol. The quantitative estimate of drug-likeness (QED) is 0.653. The van der Waals surface area contributed by atoms with E-state index < -0.39 is 0 Å². The van der Waals surface area contributed by atoms with E-state index in [1.54, 1.807) is 0 Å². The van der Waals surface area contributed by atoms with Gasteiger partial charge >= 0.3 is 0 Å². The van der Waals surface area contributed by atoms with Crippen molar-refractivity contribution in [1.29, 1.82) is 0 Å². The molecule has 23 heavy (non-hydrogen) atoms. The van der Waals surface area contributed by atoms with Gasteiger partial charge in [-0.1, -0.05) is 29.0 Å². The van der Waals surface area contributed by atoms with Crippen molar-refractivity contribution in [2.75, 3.05) is 6.61 Å². The molecular weight excluding hydrogens is 310 g/mol. The number of alkyl halides is 1. The molecule has 0 aliphatic rings. The molecule has 0 bridgehead atoms. The van der Waals surface area contributed by atoms with Crippen LogP contribution in [0.15, 0.2) is 48.5 Å². The zero-order chi connectivity index (χ0) is 16.2. The molecule has 3 aromatic rings. The molecular formula is C18H18ClN3O. The van der Waals surface area contributed by atoms with Crippen LogP contribution in [0.2, 0.25) is 0 Å². The van der Waals surface area contributed by atoms with Crippen molar-refractivity contribution in [3.05, 3.63) is 59.8 Å². The Hall–Kier alpha value is -2.33. The Kier molecular flexibility index (Phi) is 4.63. The van der Waals surface area contributed by atoms with Crippen LogP contribution in [0.4, 0.5) is 0 Å². The minimum absolute atomic E-state index is 0.320. The number of hydrogen-bond acceptors (Lipinski definition) is 3. The van der Waals surface area contributed by atoms with E-state index in [4.69, 9.17) is 16.3 Å². The molecule has 1 aromatic heterocycles. The van der Waals surface area contributed by atoms with Crippen LogP contribution in [0.1, 0.15) is 18.2 Å². The molecule has 0 unspecified atom stereocenters. The van der Waals surface area contributed by atoms with Gasteiger partial charge in [0.05, 0.1) is 23.9 Å². The molecule has 0 radical (unpaired) electrons. The molecule has 0 fully saturated rings. The minimum Gasteiger partial charge on any atom is -0.494 e. The Balaban J connectivity index is 2.08. The molecule has 0 spiro atoms. The summed E-state index contributed by atoms with van der Waals surface area (Å²) in [6.07, 6.45) is 0. The molecule has 0 aliphatic carbocycles. The molecule has 4 nitrogen and oxygen atoms in total. The van der Waals surface area contributed by atoms with E-state index in [1.165, 1.54) is 5.56 Å². The third-order valence-electron chi connectivity index (χ3n) is 3.55. The summed E-state index contributed by atoms with van der Waals surface area (Å²) in [5.74, 6) is 1.16. The number of ether oxygens (including phenoxy) is 1. The van der Waals surface area contributed by atoms with Crippen LogP contribution in [-0.2, 0) is 5.88 Å². The maximum absolute atomic E-state index is 6.05. The lowest BCUT2D eigenvalue weighted by Gasteiger charge is -2.09. The van der Waals surface area contributed by atoms with Crippen molar-refractivity contribution in [3.8, 4) is 22.7 Å². The number of rotatable bonds is 5. The van der Waals surface area contributed by atoms with E-state index in [2.05, 4.69) is 29.4 Å². The van der Waals surface area contributed by atoms with Gasteiger partial charge in [0, 0.05) is 5.56 Å². The highest BCUT2D eigenvalue weighted by molar-refractivity contribution is 6.17. The van der Waals surface area contributed by atoms with Crippen molar-refractivity contribution in [3.63, 3.8) is 0 Å². The van der Waals surface area contributed by atoms with Gasteiger partial charge in [0.25, 0.3) is 0 Å². The Morgan fingerprint density at radius 1 is 1.13 bits per heavy atom. The first-order chi connectivity index (χ1) is 11.2. The fraction of sp³-hybridized carbons (Fsp3) is 0.222. The zero-order valence-corrected chi connectivity index (χ0v) is 13.9. The second-order valence-corrected chi connectivity index (χ2v) is 5.49. The van der Waals surface area contributed by atoms with Crippen LogP contribution in [0, 0.1) is 6.92 Å². The Morgan fingerprint density at radius 2 is 1.91 bits per heavy atom. The number of aromatic nitrogens is 3. The summed E-state index contributed by atoms with van der Waals surface area (Å²) in [5.41, 5.74) is 4.86. The van der Waals surface area contributed by atoms with Crippen molar-refractivity contribution in [1.82, 2.24) is 15.0 Å². The van der Waals surface area contributed by atoms with Crippen LogP contribution in [0.3, 0.4) is 0 Å². The maximum atomic E-state index is 6.05. The predicted octanol–water partition coefficient (Wildman–Crippen LogP) is 4.38. The average molecular weight is 328 g/mol. The summed E-state index contributed by atoms with van der Waals surface area (Å²) in [6, 6.07) is 16.1. The zero-order valence-electron chi connectivity index (χ0n) is 13.2. The summed E-state index contributed by atoms with van der Waals surface area (Å²) in [6.45, 7) is 4.68. The van der Waals surface area contributed by atoms with Gasteiger partial charge in [-0.05, 0) is 44.2 Å². The Bertz CT molecular complexity index is 796. The first kappa shape index (κ1) is 15.6. The second-order valence-electron chi connectivity index (χ2n) is 5.23. The topological polar surface area (TPSA) is 39.9 Å². The van der Waals surface area contributed by atoms with Gasteiger partial charge in [0.1, 0.15) is 11.4 Å². The highest BCUT2D eigenvalue weighted by atomic mass is 35.5. The van der Waals surface area contributed by atoms with Gasteiger partial charge in [-0.25, -0.2) is 4.68 Å². The molecule has 0 N–H and O–H groups in total. The van der Waals surface area contributed by atoms with E-state index in [9.17, 15) is 0 Å². The van der Waals surface area contributed by atoms with Gasteiger partial charge in [0.2, 0.25) is 0 Å². The van der Waals surface area contributed by atoms with Crippen LogP contribution in [-0.4, -0.2) is 21.6 Å². The number of benzene rings is 2. The largest absolute Gasteiger partial charge is 0.494 e. The second kappa shape index (κ2) is 6.84. The normalized spacial score (nSPS) is 10.7. The standard InChI is InChI=1S/C18H18ClN3O/c1-3-23-16-9-7-15(8-10-16)22-18(17(12-19)20-21-22)14-6-4-5-13(2)11-14/h4-11H,3,12H2,1-2H3. The van der Waals surface area contributed by atoms with Gasteiger partial charge in [-0.2, -0.15) is 0 Å². The number of halogens is 1. The lowest BCUT2D eigenvalue weighted by atomic mass is 10.1. The highest BCUT2D eigenvalue weighted by Crippen LogP contribution is 2.27. The molecule has 0 saturated carbocycles. The highest BCUT2D eigenvalue weighted by Gasteiger charge is 2.15. The van der Waals surface area contributed by atoms with Gasteiger partial charge < -0.3 is 4.74 Å². The van der Waals surface area contributed by atoms with Gasteiger partial charge in [-0.15, -0.1) is 16.7 Å². The lowest BCUT2D eigenvalue weighted by molar-refractivity contribution is 0.340. The summed E-state index contributed by atoms with van der Waals surface area (Å²) < 4.78 is 7.31. The SMILES string of the molecule is CCOc1ccc(-n2nnc(CCl)c2-c2cccc(C)c2)cc1. The molecule has 0 atom stereocenters. The first-order valence-electron chi connectivity index (χ1n) is 7.53. The van der Waals surface area contributed by atoms with E-state index in [0.29, 0.717) is 12.5 Å².